The number of benzene rings is 2. The highest BCUT2D eigenvalue weighted by molar-refractivity contribution is 6.04. The van der Waals surface area contributed by atoms with Crippen LogP contribution in [0.15, 0.2) is 42.5 Å². The van der Waals surface area contributed by atoms with Gasteiger partial charge in [0.15, 0.2) is 5.78 Å². The topological polar surface area (TPSA) is 101 Å². The molecule has 0 atom stereocenters. The third-order valence-electron chi connectivity index (χ3n) is 3.18. The summed E-state index contributed by atoms with van der Waals surface area (Å²) >= 11 is 0. The number of amides is 1. The number of anilines is 2. The Morgan fingerprint density at radius 2 is 1.88 bits per heavy atom. The Bertz CT molecular complexity index is 808. The number of Topliss-reactive ketones (excluding diaryl/α,β-unsaturated/α-hetero) is 1. The van der Waals surface area contributed by atoms with E-state index in [4.69, 9.17) is 0 Å². The van der Waals surface area contributed by atoms with Crippen molar-refractivity contribution in [3.63, 3.8) is 0 Å². The maximum absolute atomic E-state index is 13.6. The van der Waals surface area contributed by atoms with Crippen LogP contribution in [-0.4, -0.2) is 23.2 Å². The van der Waals surface area contributed by atoms with E-state index >= 15 is 0 Å². The molecule has 2 rings (SSSR count). The summed E-state index contributed by atoms with van der Waals surface area (Å²) in [6, 6.07) is 9.46. The Hall–Kier alpha value is -3.29. The molecule has 0 bridgehead atoms. The average molecular weight is 331 g/mol. The SMILES string of the molecule is CC(=O)c1ccccc1NC(=O)CNc1cc([N+](=O)[O-])ccc1F. The molecule has 2 aromatic carbocycles. The molecular formula is C16H14FN3O4. The number of carbonyl (C=O) groups excluding carboxylic acids is 2. The maximum atomic E-state index is 13.6. The van der Waals surface area contributed by atoms with Crippen molar-refractivity contribution in [3.8, 4) is 0 Å². The van der Waals surface area contributed by atoms with Crippen molar-refractivity contribution in [3.05, 3.63) is 64.0 Å². The number of ketones is 1. The first-order valence-electron chi connectivity index (χ1n) is 6.96. The largest absolute Gasteiger partial charge is 0.374 e. The molecule has 7 nitrogen and oxygen atoms in total. The quantitative estimate of drug-likeness (QED) is 0.481. The van der Waals surface area contributed by atoms with Crippen molar-refractivity contribution in [1.29, 1.82) is 0 Å². The first-order valence-corrected chi connectivity index (χ1v) is 6.96. The van der Waals surface area contributed by atoms with E-state index in [1.54, 1.807) is 24.3 Å². The van der Waals surface area contributed by atoms with Crippen molar-refractivity contribution in [1.82, 2.24) is 0 Å². The molecule has 0 aliphatic rings. The molecule has 24 heavy (non-hydrogen) atoms. The molecule has 2 N–H and O–H groups in total. The van der Waals surface area contributed by atoms with E-state index in [0.717, 1.165) is 18.2 Å². The third kappa shape index (κ3) is 4.13. The molecule has 0 unspecified atom stereocenters. The van der Waals surface area contributed by atoms with Crippen LogP contribution in [0.1, 0.15) is 17.3 Å². The van der Waals surface area contributed by atoms with E-state index in [-0.39, 0.29) is 23.7 Å². The second kappa shape index (κ2) is 7.32. The van der Waals surface area contributed by atoms with Gasteiger partial charge >= 0.3 is 0 Å². The summed E-state index contributed by atoms with van der Waals surface area (Å²) < 4.78 is 13.6. The number of nitrogens with one attached hydrogen (secondary N) is 2. The van der Waals surface area contributed by atoms with Crippen LogP contribution >= 0.6 is 0 Å². The van der Waals surface area contributed by atoms with Gasteiger partial charge in [-0.1, -0.05) is 12.1 Å². The van der Waals surface area contributed by atoms with Gasteiger partial charge in [-0.3, -0.25) is 19.7 Å². The van der Waals surface area contributed by atoms with Gasteiger partial charge in [-0.05, 0) is 25.1 Å². The summed E-state index contributed by atoms with van der Waals surface area (Å²) in [5.41, 5.74) is 0.254. The van der Waals surface area contributed by atoms with E-state index < -0.39 is 16.6 Å². The molecule has 1 amide bonds. The smallest absolute Gasteiger partial charge is 0.271 e. The summed E-state index contributed by atoms with van der Waals surface area (Å²) in [4.78, 5) is 33.5. The Kier molecular flexibility index (Phi) is 5.20. The number of nitrogens with zero attached hydrogens (tertiary/aromatic N) is 1. The summed E-state index contributed by atoms with van der Waals surface area (Å²) in [7, 11) is 0. The van der Waals surface area contributed by atoms with Crippen molar-refractivity contribution < 1.29 is 18.9 Å². The Labute approximate surface area is 136 Å². The molecule has 0 saturated carbocycles. The highest BCUT2D eigenvalue weighted by Gasteiger charge is 2.13. The number of rotatable bonds is 6. The van der Waals surface area contributed by atoms with Crippen LogP contribution in [0.5, 0.6) is 0 Å². The maximum Gasteiger partial charge on any atom is 0.271 e. The van der Waals surface area contributed by atoms with Gasteiger partial charge in [0.2, 0.25) is 5.91 Å². The second-order valence-electron chi connectivity index (χ2n) is 4.92. The first-order chi connectivity index (χ1) is 11.4. The molecule has 0 heterocycles. The number of para-hydroxylation sites is 1. The molecule has 2 aromatic rings. The van der Waals surface area contributed by atoms with Crippen LogP contribution in [0.3, 0.4) is 0 Å². The zero-order chi connectivity index (χ0) is 17.7. The number of carbonyl (C=O) groups is 2. The summed E-state index contributed by atoms with van der Waals surface area (Å²) in [5, 5.41) is 15.7. The van der Waals surface area contributed by atoms with Crippen LogP contribution in [0.25, 0.3) is 0 Å². The normalized spacial score (nSPS) is 10.1. The standard InChI is InChI=1S/C16H14FN3O4/c1-10(21)12-4-2-3-5-14(12)19-16(22)9-18-15-8-11(20(23)24)6-7-13(15)17/h2-8,18H,9H2,1H3,(H,19,22). The van der Waals surface area contributed by atoms with E-state index in [0.29, 0.717) is 11.3 Å². The zero-order valence-electron chi connectivity index (χ0n) is 12.7. The molecule has 0 saturated heterocycles. The average Bonchev–Trinajstić information content (AvgIpc) is 2.54. The molecule has 0 aromatic heterocycles. The molecule has 0 aliphatic heterocycles. The molecule has 124 valence electrons. The predicted molar refractivity (Wildman–Crippen MR) is 86.6 cm³/mol. The summed E-state index contributed by atoms with van der Waals surface area (Å²) in [5.74, 6) is -1.43. The van der Waals surface area contributed by atoms with E-state index in [2.05, 4.69) is 10.6 Å². The number of hydrogen-bond acceptors (Lipinski definition) is 5. The predicted octanol–water partition coefficient (Wildman–Crippen LogP) is 2.99. The minimum atomic E-state index is -0.711. The van der Waals surface area contributed by atoms with Gasteiger partial charge in [0.1, 0.15) is 5.82 Å². The number of nitro groups is 1. The second-order valence-corrected chi connectivity index (χ2v) is 4.92. The minimum absolute atomic E-state index is 0.154. The van der Waals surface area contributed by atoms with E-state index in [1.165, 1.54) is 6.92 Å². The lowest BCUT2D eigenvalue weighted by atomic mass is 10.1. The Morgan fingerprint density at radius 3 is 2.54 bits per heavy atom. The lowest BCUT2D eigenvalue weighted by molar-refractivity contribution is -0.384. The highest BCUT2D eigenvalue weighted by Crippen LogP contribution is 2.21. The van der Waals surface area contributed by atoms with Gasteiger partial charge in [-0.2, -0.15) is 0 Å². The summed E-state index contributed by atoms with van der Waals surface area (Å²) in [6.07, 6.45) is 0. The summed E-state index contributed by atoms with van der Waals surface area (Å²) in [6.45, 7) is 1.06. The highest BCUT2D eigenvalue weighted by atomic mass is 19.1. The van der Waals surface area contributed by atoms with Crippen LogP contribution < -0.4 is 10.6 Å². The Balaban J connectivity index is 2.06. The van der Waals surface area contributed by atoms with Crippen molar-refractivity contribution in [2.24, 2.45) is 0 Å². The molecular weight excluding hydrogens is 317 g/mol. The van der Waals surface area contributed by atoms with Crippen LogP contribution in [-0.2, 0) is 4.79 Å². The number of non-ortho nitro benzene ring substituents is 1. The van der Waals surface area contributed by atoms with Crippen LogP contribution in [0.4, 0.5) is 21.5 Å². The lowest BCUT2D eigenvalue weighted by Gasteiger charge is -2.10. The van der Waals surface area contributed by atoms with Gasteiger partial charge in [-0.25, -0.2) is 4.39 Å². The van der Waals surface area contributed by atoms with Crippen molar-refractivity contribution in [2.75, 3.05) is 17.2 Å². The monoisotopic (exact) mass is 331 g/mol. The first kappa shape index (κ1) is 17.1. The fourth-order valence-electron chi connectivity index (χ4n) is 2.03. The van der Waals surface area contributed by atoms with Gasteiger partial charge in [0.25, 0.3) is 5.69 Å². The fourth-order valence-corrected chi connectivity index (χ4v) is 2.03. The molecule has 0 spiro atoms. The zero-order valence-corrected chi connectivity index (χ0v) is 12.7. The van der Waals surface area contributed by atoms with Crippen LogP contribution in [0, 0.1) is 15.9 Å². The number of hydrogen-bond donors (Lipinski definition) is 2. The van der Waals surface area contributed by atoms with E-state index in [1.807, 2.05) is 0 Å². The van der Waals surface area contributed by atoms with Crippen molar-refractivity contribution >= 4 is 28.8 Å². The van der Waals surface area contributed by atoms with Gasteiger partial charge in [-0.15, -0.1) is 0 Å². The molecule has 0 aliphatic carbocycles. The molecule has 0 fully saturated rings. The van der Waals surface area contributed by atoms with Gasteiger partial charge in [0, 0.05) is 17.7 Å². The lowest BCUT2D eigenvalue weighted by Crippen LogP contribution is -2.23. The Morgan fingerprint density at radius 1 is 1.17 bits per heavy atom. The van der Waals surface area contributed by atoms with Gasteiger partial charge < -0.3 is 10.6 Å². The minimum Gasteiger partial charge on any atom is -0.374 e. The van der Waals surface area contributed by atoms with Gasteiger partial charge in [0.05, 0.1) is 22.8 Å². The molecule has 8 heteroatoms. The molecule has 0 radical (unpaired) electrons. The van der Waals surface area contributed by atoms with Crippen molar-refractivity contribution in [2.45, 2.75) is 6.92 Å². The van der Waals surface area contributed by atoms with Crippen LogP contribution in [0.2, 0.25) is 0 Å². The fraction of sp³-hybridized carbons (Fsp3) is 0.125. The number of halogens is 1. The van der Waals surface area contributed by atoms with E-state index in [9.17, 15) is 24.1 Å². The number of nitro benzene ring substituents is 1. The third-order valence-corrected chi connectivity index (χ3v) is 3.18.